The van der Waals surface area contributed by atoms with Gasteiger partial charge in [0.25, 0.3) is 5.91 Å². The number of rotatable bonds is 10. The number of benzene rings is 2. The molecular weight excluding hydrogens is 523 g/mol. The van der Waals surface area contributed by atoms with E-state index in [1.54, 1.807) is 56.2 Å². The summed E-state index contributed by atoms with van der Waals surface area (Å²) in [6.07, 6.45) is 10.6. The second-order valence-electron chi connectivity index (χ2n) is 10.4. The molecule has 3 aromatic rings. The van der Waals surface area contributed by atoms with Crippen LogP contribution in [0.15, 0.2) is 90.7 Å². The van der Waals surface area contributed by atoms with E-state index in [0.29, 0.717) is 53.3 Å². The molecule has 0 radical (unpaired) electrons. The smallest absolute Gasteiger partial charge is 0.251 e. The van der Waals surface area contributed by atoms with Gasteiger partial charge in [-0.3, -0.25) is 9.59 Å². The van der Waals surface area contributed by atoms with Crippen LogP contribution in [-0.2, 0) is 21.5 Å². The molecule has 0 spiro atoms. The fourth-order valence-corrected chi connectivity index (χ4v) is 5.30. The minimum Gasteiger partial charge on any atom is -0.497 e. The molecule has 2 aliphatic rings. The molecule has 0 bridgehead atoms. The number of nitrogens with one attached hydrogen (secondary N) is 2. The SMILES string of the molecule is CNC(=O)C1(c2cc(C(=O)NCC(C)C)ccc2OCCn2ccnc2)C(c2ccc(F)cc2)=CC2=C1COC=C2. The first-order chi connectivity index (χ1) is 19.8. The van der Waals surface area contributed by atoms with Gasteiger partial charge in [0.15, 0.2) is 0 Å². The molecule has 1 aliphatic carbocycles. The van der Waals surface area contributed by atoms with Gasteiger partial charge in [0.2, 0.25) is 5.91 Å². The molecule has 0 saturated heterocycles. The number of imidazole rings is 1. The maximum absolute atomic E-state index is 14.2. The first kappa shape index (κ1) is 27.9. The molecule has 5 rings (SSSR count). The monoisotopic (exact) mass is 556 g/mol. The fourth-order valence-electron chi connectivity index (χ4n) is 5.30. The van der Waals surface area contributed by atoms with E-state index in [2.05, 4.69) is 15.6 Å². The summed E-state index contributed by atoms with van der Waals surface area (Å²) in [5, 5.41) is 5.81. The summed E-state index contributed by atoms with van der Waals surface area (Å²) in [7, 11) is 1.57. The summed E-state index contributed by atoms with van der Waals surface area (Å²) in [6, 6.07) is 11.2. The lowest BCUT2D eigenvalue weighted by Gasteiger charge is -2.36. The topological polar surface area (TPSA) is 94.5 Å². The van der Waals surface area contributed by atoms with Gasteiger partial charge in [0, 0.05) is 37.1 Å². The van der Waals surface area contributed by atoms with Crippen LogP contribution >= 0.6 is 0 Å². The van der Waals surface area contributed by atoms with Gasteiger partial charge in [0.05, 0.1) is 19.1 Å². The van der Waals surface area contributed by atoms with E-state index in [0.717, 1.165) is 5.57 Å². The Hall–Kier alpha value is -4.66. The number of ether oxygens (including phenoxy) is 2. The third kappa shape index (κ3) is 5.39. The van der Waals surface area contributed by atoms with Crippen molar-refractivity contribution in [3.05, 3.63) is 113 Å². The van der Waals surface area contributed by atoms with Gasteiger partial charge in [0.1, 0.15) is 30.2 Å². The van der Waals surface area contributed by atoms with E-state index in [4.69, 9.17) is 9.47 Å². The zero-order chi connectivity index (χ0) is 29.0. The summed E-state index contributed by atoms with van der Waals surface area (Å²) in [6.45, 7) is 5.53. The van der Waals surface area contributed by atoms with E-state index >= 15 is 0 Å². The maximum Gasteiger partial charge on any atom is 0.251 e. The molecule has 1 aromatic heterocycles. The van der Waals surface area contributed by atoms with Gasteiger partial charge in [-0.15, -0.1) is 0 Å². The fraction of sp³-hybridized carbons (Fsp3) is 0.281. The Morgan fingerprint density at radius 1 is 1.20 bits per heavy atom. The molecule has 0 saturated carbocycles. The minimum atomic E-state index is -1.41. The molecule has 1 aliphatic heterocycles. The van der Waals surface area contributed by atoms with Crippen LogP contribution in [0, 0.1) is 11.7 Å². The Morgan fingerprint density at radius 3 is 2.71 bits per heavy atom. The van der Waals surface area contributed by atoms with Crippen molar-refractivity contribution in [2.75, 3.05) is 26.8 Å². The van der Waals surface area contributed by atoms with Crippen LogP contribution in [-0.4, -0.2) is 48.2 Å². The Morgan fingerprint density at radius 2 is 2.00 bits per heavy atom. The number of hydrogen-bond donors (Lipinski definition) is 2. The number of likely N-dealkylation sites (N-methyl/N-ethyl adjacent to an activating group) is 1. The summed E-state index contributed by atoms with van der Waals surface area (Å²) < 4.78 is 27.9. The molecule has 2 amide bonds. The lowest BCUT2D eigenvalue weighted by atomic mass is 9.67. The molecule has 41 heavy (non-hydrogen) atoms. The number of halogens is 1. The number of aromatic nitrogens is 2. The van der Waals surface area contributed by atoms with Gasteiger partial charge in [-0.2, -0.15) is 0 Å². The highest BCUT2D eigenvalue weighted by Gasteiger charge is 2.53. The predicted octanol–water partition coefficient (Wildman–Crippen LogP) is 4.41. The summed E-state index contributed by atoms with van der Waals surface area (Å²) >= 11 is 0. The van der Waals surface area contributed by atoms with Gasteiger partial charge in [-0.05, 0) is 70.7 Å². The molecule has 8 nitrogen and oxygen atoms in total. The second-order valence-corrected chi connectivity index (χ2v) is 10.4. The van der Waals surface area contributed by atoms with Crippen molar-refractivity contribution in [3.8, 4) is 5.75 Å². The maximum atomic E-state index is 14.2. The minimum absolute atomic E-state index is 0.151. The van der Waals surface area contributed by atoms with Crippen LogP contribution in [0.2, 0.25) is 0 Å². The van der Waals surface area contributed by atoms with Crippen LogP contribution in [0.25, 0.3) is 5.57 Å². The van der Waals surface area contributed by atoms with Crippen LogP contribution in [0.4, 0.5) is 4.39 Å². The van der Waals surface area contributed by atoms with E-state index < -0.39 is 5.41 Å². The Bertz CT molecular complexity index is 1520. The van der Waals surface area contributed by atoms with E-state index in [-0.39, 0.29) is 30.2 Å². The number of carbonyl (C=O) groups is 2. The Balaban J connectivity index is 1.69. The molecule has 1 unspecified atom stereocenters. The molecule has 1 atom stereocenters. The highest BCUT2D eigenvalue weighted by Crippen LogP contribution is 2.54. The van der Waals surface area contributed by atoms with Crippen molar-refractivity contribution in [3.63, 3.8) is 0 Å². The van der Waals surface area contributed by atoms with Crippen molar-refractivity contribution in [2.24, 2.45) is 5.92 Å². The quantitative estimate of drug-likeness (QED) is 0.386. The summed E-state index contributed by atoms with van der Waals surface area (Å²) in [5.41, 5.74) is 2.31. The van der Waals surface area contributed by atoms with Gasteiger partial charge >= 0.3 is 0 Å². The number of allylic oxidation sites excluding steroid dienone is 3. The van der Waals surface area contributed by atoms with Crippen molar-refractivity contribution in [1.82, 2.24) is 20.2 Å². The van der Waals surface area contributed by atoms with E-state index in [1.807, 2.05) is 36.8 Å². The van der Waals surface area contributed by atoms with Gasteiger partial charge < -0.3 is 24.7 Å². The van der Waals surface area contributed by atoms with Gasteiger partial charge in [-0.25, -0.2) is 9.37 Å². The Kier molecular flexibility index (Phi) is 8.05. The van der Waals surface area contributed by atoms with Crippen molar-refractivity contribution < 1.29 is 23.5 Å². The van der Waals surface area contributed by atoms with Crippen LogP contribution in [0.1, 0.15) is 35.3 Å². The summed E-state index contributed by atoms with van der Waals surface area (Å²) in [5.74, 6) is -0.243. The first-order valence-corrected chi connectivity index (χ1v) is 13.6. The lowest BCUT2D eigenvalue weighted by molar-refractivity contribution is -0.123. The largest absolute Gasteiger partial charge is 0.497 e. The highest BCUT2D eigenvalue weighted by atomic mass is 19.1. The zero-order valence-corrected chi connectivity index (χ0v) is 23.3. The average molecular weight is 557 g/mol. The summed E-state index contributed by atoms with van der Waals surface area (Å²) in [4.78, 5) is 31.6. The first-order valence-electron chi connectivity index (χ1n) is 13.6. The molecule has 212 valence electrons. The average Bonchev–Trinajstić information content (AvgIpc) is 3.63. The number of amides is 2. The highest BCUT2D eigenvalue weighted by molar-refractivity contribution is 6.10. The number of hydrogen-bond acceptors (Lipinski definition) is 5. The van der Waals surface area contributed by atoms with Crippen molar-refractivity contribution in [2.45, 2.75) is 25.8 Å². The third-order valence-corrected chi connectivity index (χ3v) is 7.28. The molecule has 2 N–H and O–H groups in total. The number of nitrogens with zero attached hydrogens (tertiary/aromatic N) is 2. The zero-order valence-electron chi connectivity index (χ0n) is 23.3. The van der Waals surface area contributed by atoms with Crippen LogP contribution < -0.4 is 15.4 Å². The second kappa shape index (κ2) is 11.8. The van der Waals surface area contributed by atoms with Crippen LogP contribution in [0.3, 0.4) is 0 Å². The molecule has 2 heterocycles. The van der Waals surface area contributed by atoms with Crippen LogP contribution in [0.5, 0.6) is 5.75 Å². The molecule has 9 heteroatoms. The number of carbonyl (C=O) groups excluding carboxylic acids is 2. The molecule has 0 fully saturated rings. The third-order valence-electron chi connectivity index (χ3n) is 7.28. The van der Waals surface area contributed by atoms with E-state index in [1.165, 1.54) is 12.1 Å². The lowest BCUT2D eigenvalue weighted by Crippen LogP contribution is -2.46. The predicted molar refractivity (Wildman–Crippen MR) is 154 cm³/mol. The molecular formula is C32H33FN4O4. The Labute approximate surface area is 238 Å². The standard InChI is InChI=1S/C32H33FN4O4/c1-21(2)18-36-30(38)24-6-9-29(41-15-13-37-12-11-35-20-37)27(17-24)32(31(39)34-3)26(22-4-7-25(33)8-5-22)16-23-10-14-40-19-28(23)32/h4-12,14,16-17,20-21H,13,15,18-19H2,1-3H3,(H,34,39)(H,36,38). The van der Waals surface area contributed by atoms with Crippen molar-refractivity contribution >= 4 is 17.4 Å². The van der Waals surface area contributed by atoms with E-state index in [9.17, 15) is 14.0 Å². The van der Waals surface area contributed by atoms with Crippen molar-refractivity contribution in [1.29, 1.82) is 0 Å². The normalized spacial score (nSPS) is 17.6. The van der Waals surface area contributed by atoms with Gasteiger partial charge in [-0.1, -0.05) is 26.0 Å². The molecule has 2 aromatic carbocycles.